The first-order chi connectivity index (χ1) is 5.74. The van der Waals surface area contributed by atoms with Crippen LogP contribution in [0.3, 0.4) is 0 Å². The van der Waals surface area contributed by atoms with E-state index in [9.17, 15) is 4.39 Å². The summed E-state index contributed by atoms with van der Waals surface area (Å²) < 4.78 is 13.0. The molecular formula is C11H11F. The van der Waals surface area contributed by atoms with Crippen LogP contribution >= 0.6 is 0 Å². The molecule has 0 saturated carbocycles. The standard InChI is InChI=1S/C11H11F/c1-3-4-5-10-7-6-9(2)11(12)8-10/h1,6-8H,4-5H2,2H3. The van der Waals surface area contributed by atoms with Crippen molar-refractivity contribution in [1.82, 2.24) is 0 Å². The average molecular weight is 162 g/mol. The molecule has 0 heterocycles. The van der Waals surface area contributed by atoms with Gasteiger partial charge in [-0.3, -0.25) is 0 Å². The second-order valence-corrected chi connectivity index (χ2v) is 2.79. The van der Waals surface area contributed by atoms with E-state index < -0.39 is 0 Å². The van der Waals surface area contributed by atoms with E-state index in [1.165, 1.54) is 0 Å². The van der Waals surface area contributed by atoms with Crippen LogP contribution in [0.5, 0.6) is 0 Å². The largest absolute Gasteiger partial charge is 0.207 e. The highest BCUT2D eigenvalue weighted by Gasteiger charge is 1.97. The third kappa shape index (κ3) is 2.10. The van der Waals surface area contributed by atoms with Crippen LogP contribution in [0.2, 0.25) is 0 Å². The summed E-state index contributed by atoms with van der Waals surface area (Å²) in [4.78, 5) is 0. The first-order valence-electron chi connectivity index (χ1n) is 3.92. The summed E-state index contributed by atoms with van der Waals surface area (Å²) >= 11 is 0. The van der Waals surface area contributed by atoms with Crippen molar-refractivity contribution in [2.24, 2.45) is 0 Å². The molecule has 12 heavy (non-hydrogen) atoms. The second-order valence-electron chi connectivity index (χ2n) is 2.79. The monoisotopic (exact) mass is 162 g/mol. The minimum absolute atomic E-state index is 0.149. The maximum Gasteiger partial charge on any atom is 0.126 e. The lowest BCUT2D eigenvalue weighted by molar-refractivity contribution is 0.616. The van der Waals surface area contributed by atoms with E-state index in [4.69, 9.17) is 6.42 Å². The molecule has 0 bridgehead atoms. The predicted molar refractivity (Wildman–Crippen MR) is 48.3 cm³/mol. The van der Waals surface area contributed by atoms with Crippen LogP contribution in [0.1, 0.15) is 17.5 Å². The Morgan fingerprint density at radius 3 is 2.83 bits per heavy atom. The third-order valence-corrected chi connectivity index (χ3v) is 1.79. The highest BCUT2D eigenvalue weighted by atomic mass is 19.1. The molecule has 0 atom stereocenters. The van der Waals surface area contributed by atoms with Crippen LogP contribution in [0.25, 0.3) is 0 Å². The van der Waals surface area contributed by atoms with Gasteiger partial charge >= 0.3 is 0 Å². The summed E-state index contributed by atoms with van der Waals surface area (Å²) in [5.41, 5.74) is 1.65. The number of terminal acetylenes is 1. The van der Waals surface area contributed by atoms with E-state index in [0.29, 0.717) is 12.0 Å². The number of rotatable bonds is 2. The number of halogens is 1. The highest BCUT2D eigenvalue weighted by molar-refractivity contribution is 5.23. The lowest BCUT2D eigenvalue weighted by Gasteiger charge is -1.99. The third-order valence-electron chi connectivity index (χ3n) is 1.79. The minimum atomic E-state index is -0.149. The molecule has 1 aromatic carbocycles. The molecule has 0 nitrogen and oxygen atoms in total. The quantitative estimate of drug-likeness (QED) is 0.586. The Labute approximate surface area is 72.4 Å². The molecule has 1 rings (SSSR count). The molecule has 0 spiro atoms. The van der Waals surface area contributed by atoms with Gasteiger partial charge in [0, 0.05) is 6.42 Å². The van der Waals surface area contributed by atoms with Gasteiger partial charge < -0.3 is 0 Å². The highest BCUT2D eigenvalue weighted by Crippen LogP contribution is 2.10. The fourth-order valence-corrected chi connectivity index (χ4v) is 1.01. The SMILES string of the molecule is C#CCCc1ccc(C)c(F)c1. The van der Waals surface area contributed by atoms with Gasteiger partial charge in [0.25, 0.3) is 0 Å². The molecule has 1 heteroatoms. The van der Waals surface area contributed by atoms with Crippen LogP contribution in [0, 0.1) is 25.1 Å². The summed E-state index contributed by atoms with van der Waals surface area (Å²) in [7, 11) is 0. The van der Waals surface area contributed by atoms with E-state index in [1.54, 1.807) is 19.1 Å². The summed E-state index contributed by atoms with van der Waals surface area (Å²) in [5.74, 6) is 2.38. The zero-order chi connectivity index (χ0) is 8.97. The van der Waals surface area contributed by atoms with E-state index in [0.717, 1.165) is 12.0 Å². The molecule has 0 N–H and O–H groups in total. The molecule has 0 amide bonds. The average Bonchev–Trinajstić information content (AvgIpc) is 2.07. The number of hydrogen-bond donors (Lipinski definition) is 0. The van der Waals surface area contributed by atoms with E-state index >= 15 is 0 Å². The maximum absolute atomic E-state index is 13.0. The fourth-order valence-electron chi connectivity index (χ4n) is 1.01. The lowest BCUT2D eigenvalue weighted by Crippen LogP contribution is -1.87. The van der Waals surface area contributed by atoms with Crippen molar-refractivity contribution in [3.8, 4) is 12.3 Å². The molecule has 0 aliphatic heterocycles. The van der Waals surface area contributed by atoms with Gasteiger partial charge in [0.2, 0.25) is 0 Å². The van der Waals surface area contributed by atoms with Gasteiger partial charge in [-0.2, -0.15) is 0 Å². The minimum Gasteiger partial charge on any atom is -0.207 e. The topological polar surface area (TPSA) is 0 Å². The summed E-state index contributed by atoms with van der Waals surface area (Å²) in [6.45, 7) is 1.75. The Morgan fingerprint density at radius 2 is 2.25 bits per heavy atom. The zero-order valence-electron chi connectivity index (χ0n) is 7.10. The summed E-state index contributed by atoms with van der Waals surface area (Å²) in [6.07, 6.45) is 6.53. The van der Waals surface area contributed by atoms with E-state index in [2.05, 4.69) is 5.92 Å². The number of aryl methyl sites for hydroxylation is 2. The van der Waals surface area contributed by atoms with Crippen molar-refractivity contribution in [2.45, 2.75) is 19.8 Å². The number of benzene rings is 1. The fraction of sp³-hybridized carbons (Fsp3) is 0.273. The Balaban J connectivity index is 2.77. The molecule has 0 saturated heterocycles. The Hall–Kier alpha value is -1.29. The van der Waals surface area contributed by atoms with Crippen LogP contribution in [-0.2, 0) is 6.42 Å². The van der Waals surface area contributed by atoms with Gasteiger partial charge in [-0.15, -0.1) is 12.3 Å². The molecule has 0 aliphatic rings. The van der Waals surface area contributed by atoms with Gasteiger partial charge in [-0.25, -0.2) is 4.39 Å². The lowest BCUT2D eigenvalue weighted by atomic mass is 10.1. The van der Waals surface area contributed by atoms with Crippen molar-refractivity contribution in [1.29, 1.82) is 0 Å². The molecular weight excluding hydrogens is 151 g/mol. The Bertz CT molecular complexity index is 307. The Kier molecular flexibility index (Phi) is 2.88. The van der Waals surface area contributed by atoms with Crippen LogP contribution in [0.15, 0.2) is 18.2 Å². The van der Waals surface area contributed by atoms with Gasteiger partial charge in [0.05, 0.1) is 0 Å². The smallest absolute Gasteiger partial charge is 0.126 e. The van der Waals surface area contributed by atoms with Gasteiger partial charge in [0.1, 0.15) is 5.82 Å². The van der Waals surface area contributed by atoms with Crippen LogP contribution < -0.4 is 0 Å². The molecule has 0 radical (unpaired) electrons. The first-order valence-corrected chi connectivity index (χ1v) is 3.92. The normalized spacial score (nSPS) is 9.42. The molecule has 0 aromatic heterocycles. The predicted octanol–water partition coefficient (Wildman–Crippen LogP) is 2.70. The molecule has 0 fully saturated rings. The summed E-state index contributed by atoms with van der Waals surface area (Å²) in [6, 6.07) is 5.24. The van der Waals surface area contributed by atoms with Crippen LogP contribution in [0.4, 0.5) is 4.39 Å². The zero-order valence-corrected chi connectivity index (χ0v) is 7.10. The van der Waals surface area contributed by atoms with Gasteiger partial charge in [0.15, 0.2) is 0 Å². The van der Waals surface area contributed by atoms with Crippen molar-refractivity contribution in [2.75, 3.05) is 0 Å². The first kappa shape index (κ1) is 8.80. The summed E-state index contributed by atoms with van der Waals surface area (Å²) in [5, 5.41) is 0. The maximum atomic E-state index is 13.0. The number of hydrogen-bond acceptors (Lipinski definition) is 0. The van der Waals surface area contributed by atoms with Crippen molar-refractivity contribution < 1.29 is 4.39 Å². The molecule has 62 valence electrons. The van der Waals surface area contributed by atoms with Crippen LogP contribution in [-0.4, -0.2) is 0 Å². The molecule has 0 unspecified atom stereocenters. The van der Waals surface area contributed by atoms with E-state index in [1.807, 2.05) is 6.07 Å². The molecule has 0 aliphatic carbocycles. The van der Waals surface area contributed by atoms with E-state index in [-0.39, 0.29) is 5.82 Å². The van der Waals surface area contributed by atoms with Gasteiger partial charge in [-0.1, -0.05) is 12.1 Å². The van der Waals surface area contributed by atoms with Crippen molar-refractivity contribution >= 4 is 0 Å². The Morgan fingerprint density at radius 1 is 1.50 bits per heavy atom. The van der Waals surface area contributed by atoms with Gasteiger partial charge in [-0.05, 0) is 30.5 Å². The molecule has 1 aromatic rings. The second kappa shape index (κ2) is 3.92. The van der Waals surface area contributed by atoms with Crippen molar-refractivity contribution in [3.05, 3.63) is 35.1 Å². The van der Waals surface area contributed by atoms with Crippen molar-refractivity contribution in [3.63, 3.8) is 0 Å².